The van der Waals surface area contributed by atoms with Gasteiger partial charge >= 0.3 is 35.6 Å². The third-order valence-corrected chi connectivity index (χ3v) is 9.49. The second kappa shape index (κ2) is 31.8. The maximum atomic E-state index is 11.1. The smallest absolute Gasteiger partial charge is 0.423 e. The van der Waals surface area contributed by atoms with Crippen LogP contribution in [0.4, 0.5) is 5.69 Å². The summed E-state index contributed by atoms with van der Waals surface area (Å²) in [6.07, 6.45) is 6.14. The lowest BCUT2D eigenvalue weighted by molar-refractivity contribution is -0.114. The van der Waals surface area contributed by atoms with E-state index in [1.807, 2.05) is 24.3 Å². The lowest BCUT2D eigenvalue weighted by Crippen LogP contribution is -2.30. The minimum absolute atomic E-state index is 0.110. The Morgan fingerprint density at radius 2 is 0.894 bits per heavy atom. The van der Waals surface area contributed by atoms with E-state index in [1.54, 1.807) is 67.8 Å². The molecular formula is C46H65B5N2O13. The number of benzene rings is 5. The summed E-state index contributed by atoms with van der Waals surface area (Å²) in [6.45, 7) is 10.5. The number of unbranched alkanes of at least 4 members (excludes halogenated alkanes) is 3. The molecule has 0 saturated carbocycles. The Morgan fingerprint density at radius 3 is 1.23 bits per heavy atom. The molecule has 0 atom stereocenters. The summed E-state index contributed by atoms with van der Waals surface area (Å²) in [5.74, 6) is -0.351. The highest BCUT2D eigenvalue weighted by Crippen LogP contribution is 2.20. The number of hydrogen-bond acceptors (Lipinski definition) is 13. The number of carbonyl (C=O) groups excluding carboxylic acids is 2. The number of amides is 2. The van der Waals surface area contributed by atoms with Crippen LogP contribution in [-0.2, 0) is 28.0 Å². The molecule has 5 aromatic carbocycles. The van der Waals surface area contributed by atoms with Crippen LogP contribution in [0.25, 0.3) is 0 Å². The van der Waals surface area contributed by atoms with Gasteiger partial charge in [0.1, 0.15) is 0 Å². The van der Waals surface area contributed by atoms with Crippen molar-refractivity contribution in [2.24, 2.45) is 0 Å². The molecule has 2 amide bonds. The van der Waals surface area contributed by atoms with Crippen LogP contribution in [0, 0.1) is 0 Å². The lowest BCUT2D eigenvalue weighted by Gasteiger charge is -2.19. The minimum atomic E-state index is -1.49. The van der Waals surface area contributed by atoms with E-state index in [-0.39, 0.29) is 17.2 Å². The van der Waals surface area contributed by atoms with Crippen LogP contribution in [-0.4, -0.2) is 112 Å². The Morgan fingerprint density at radius 1 is 0.530 bits per heavy atom. The summed E-state index contributed by atoms with van der Waals surface area (Å²) in [6, 6.07) is 34.1. The molecule has 0 fully saturated rings. The molecule has 5 rings (SSSR count). The summed E-state index contributed by atoms with van der Waals surface area (Å²) in [5.41, 5.74) is 7.08. The van der Waals surface area contributed by atoms with Crippen LogP contribution in [0.2, 0.25) is 0 Å². The maximum Gasteiger partial charge on any atom is 0.488 e. The van der Waals surface area contributed by atoms with Crippen molar-refractivity contribution in [2.75, 3.05) is 19.5 Å². The molecule has 0 bridgehead atoms. The average Bonchev–Trinajstić information content (AvgIpc) is 3.28. The molecule has 0 unspecified atom stereocenters. The second-order valence-electron chi connectivity index (χ2n) is 16.0. The van der Waals surface area contributed by atoms with Crippen molar-refractivity contribution in [3.63, 3.8) is 0 Å². The normalized spacial score (nSPS) is 10.1. The fourth-order valence-corrected chi connectivity index (χ4v) is 5.61. The van der Waals surface area contributed by atoms with E-state index >= 15 is 0 Å². The predicted octanol–water partition coefficient (Wildman–Crippen LogP) is -0.283. The molecule has 0 heterocycles. The first-order valence-corrected chi connectivity index (χ1v) is 21.4. The topological polar surface area (TPSA) is 270 Å². The Bertz CT molecular complexity index is 2070. The van der Waals surface area contributed by atoms with Gasteiger partial charge in [0.2, 0.25) is 5.91 Å². The molecule has 15 nitrogen and oxygen atoms in total. The van der Waals surface area contributed by atoms with E-state index in [2.05, 4.69) is 38.3 Å². The van der Waals surface area contributed by atoms with Crippen LogP contribution in [0.5, 0.6) is 0 Å². The molecule has 0 aliphatic rings. The SMILES string of the molecule is CC(=O)Nc1ccc(B(O)O)cc1.CC(C)(C)c1ccc(B(O)O)cc1.CCCCCCc1ccc(B(O)O)cc1.CNC(=O)c1ccc(B(O)O)cc1.COCc1ccc(B(O)O)cc1. The molecule has 5 aromatic rings. The first kappa shape index (κ1) is 58.9. The highest BCUT2D eigenvalue weighted by Gasteiger charge is 2.16. The number of nitrogens with one attached hydrogen (secondary N) is 2. The van der Waals surface area contributed by atoms with Gasteiger partial charge in [0.15, 0.2) is 0 Å². The maximum absolute atomic E-state index is 11.1. The zero-order valence-corrected chi connectivity index (χ0v) is 38.9. The lowest BCUT2D eigenvalue weighted by atomic mass is 9.78. The zero-order chi connectivity index (χ0) is 49.8. The molecule has 0 radical (unpaired) electrons. The van der Waals surface area contributed by atoms with Gasteiger partial charge < -0.3 is 65.6 Å². The molecule has 20 heteroatoms. The van der Waals surface area contributed by atoms with Crippen LogP contribution < -0.4 is 37.9 Å². The van der Waals surface area contributed by atoms with E-state index < -0.39 is 35.6 Å². The van der Waals surface area contributed by atoms with Gasteiger partial charge in [-0.3, -0.25) is 9.59 Å². The first-order chi connectivity index (χ1) is 31.1. The third kappa shape index (κ3) is 24.4. The summed E-state index contributed by atoms with van der Waals surface area (Å²) in [4.78, 5) is 21.7. The summed E-state index contributed by atoms with van der Waals surface area (Å²) < 4.78 is 4.90. The van der Waals surface area contributed by atoms with E-state index in [4.69, 9.17) is 55.0 Å². The van der Waals surface area contributed by atoms with E-state index in [9.17, 15) is 9.59 Å². The van der Waals surface area contributed by atoms with E-state index in [1.165, 1.54) is 87.2 Å². The van der Waals surface area contributed by atoms with Crippen LogP contribution in [0.1, 0.15) is 87.4 Å². The molecule has 0 spiro atoms. The number of hydrogen-bond donors (Lipinski definition) is 12. The molecular weight excluding hydrogens is 843 g/mol. The van der Waals surface area contributed by atoms with Crippen molar-refractivity contribution >= 4 is 80.4 Å². The van der Waals surface area contributed by atoms with Crippen molar-refractivity contribution < 1.29 is 64.6 Å². The molecule has 0 aliphatic heterocycles. The zero-order valence-electron chi connectivity index (χ0n) is 38.9. The Kier molecular flexibility index (Phi) is 28.4. The van der Waals surface area contributed by atoms with Gasteiger partial charge in [-0.1, -0.05) is 144 Å². The fourth-order valence-electron chi connectivity index (χ4n) is 5.61. The number of anilines is 1. The van der Waals surface area contributed by atoms with Crippen molar-refractivity contribution in [3.05, 3.63) is 144 Å². The Balaban J connectivity index is 0.000000413. The first-order valence-electron chi connectivity index (χ1n) is 21.4. The largest absolute Gasteiger partial charge is 0.488 e. The molecule has 66 heavy (non-hydrogen) atoms. The van der Waals surface area contributed by atoms with Crippen molar-refractivity contribution in [3.8, 4) is 0 Å². The summed E-state index contributed by atoms with van der Waals surface area (Å²) in [7, 11) is -3.90. The monoisotopic (exact) mass is 908 g/mol. The molecule has 0 saturated heterocycles. The standard InChI is InChI=1S/C12H19BO2.C10H15BO2.2C8H10BNO3.C8H11BO3/c1-2-3-4-5-6-11-7-9-12(10-8-11)13(14)15;1-10(2,3)8-4-6-9(7-5-8)11(12)13;1-10-8(11)6-2-4-7(5-3-6)9(12)13;1-6(11)10-8-4-2-7(3-5-8)9(12)13;1-12-6-7-2-4-8(5-3-7)9(10)11/h7-10,14-15H,2-6H2,1H3;4-7,12-13H,1-3H3;2*2-5,12-13H,1H3,(H,10,11);2-5,10-11H,6H2,1H3. The summed E-state index contributed by atoms with van der Waals surface area (Å²) in [5, 5.41) is 93.2. The number of carbonyl (C=O) groups is 2. The van der Waals surface area contributed by atoms with Gasteiger partial charge in [0.25, 0.3) is 5.91 Å². The van der Waals surface area contributed by atoms with Gasteiger partial charge in [-0.05, 0) is 86.5 Å². The van der Waals surface area contributed by atoms with Gasteiger partial charge in [-0.2, -0.15) is 0 Å². The van der Waals surface area contributed by atoms with Crippen molar-refractivity contribution in [1.29, 1.82) is 0 Å². The number of methoxy groups -OCH3 is 1. The van der Waals surface area contributed by atoms with Gasteiger partial charge in [0, 0.05) is 32.3 Å². The van der Waals surface area contributed by atoms with Crippen LogP contribution in [0.15, 0.2) is 121 Å². The Hall–Kier alpha value is -5.08. The molecule has 0 aromatic heterocycles. The number of aryl methyl sites for hydroxylation is 1. The highest BCUT2D eigenvalue weighted by molar-refractivity contribution is 6.60. The van der Waals surface area contributed by atoms with Crippen molar-refractivity contribution in [1.82, 2.24) is 5.32 Å². The van der Waals surface area contributed by atoms with E-state index in [0.717, 1.165) is 12.0 Å². The van der Waals surface area contributed by atoms with Gasteiger partial charge in [-0.15, -0.1) is 0 Å². The molecule has 12 N–H and O–H groups in total. The minimum Gasteiger partial charge on any atom is -0.423 e. The fraction of sp³-hybridized carbons (Fsp3) is 0.304. The quantitative estimate of drug-likeness (QED) is 0.0506. The van der Waals surface area contributed by atoms with Crippen molar-refractivity contribution in [2.45, 2.75) is 78.7 Å². The van der Waals surface area contributed by atoms with E-state index in [0.29, 0.717) is 45.2 Å². The Labute approximate surface area is 390 Å². The highest BCUT2D eigenvalue weighted by atomic mass is 16.5. The summed E-state index contributed by atoms with van der Waals surface area (Å²) >= 11 is 0. The third-order valence-electron chi connectivity index (χ3n) is 9.49. The van der Waals surface area contributed by atoms with Gasteiger partial charge in [-0.25, -0.2) is 0 Å². The molecule has 0 aliphatic carbocycles. The number of rotatable bonds is 14. The predicted molar refractivity (Wildman–Crippen MR) is 266 cm³/mol. The van der Waals surface area contributed by atoms with Crippen LogP contribution >= 0.6 is 0 Å². The molecule has 352 valence electrons. The average molecular weight is 908 g/mol. The van der Waals surface area contributed by atoms with Crippen LogP contribution in [0.3, 0.4) is 0 Å². The number of ether oxygens (including phenoxy) is 1. The second-order valence-corrected chi connectivity index (χ2v) is 16.0. The van der Waals surface area contributed by atoms with Gasteiger partial charge in [0.05, 0.1) is 6.61 Å².